The van der Waals surface area contributed by atoms with Crippen molar-refractivity contribution in [2.45, 2.75) is 26.5 Å². The first-order chi connectivity index (χ1) is 11.7. The number of morpholine rings is 1. The SMILES string of the molecule is CN=C(NCc1ccn[nH]1)N1CCOC(c2ccc(C)cc2C)C1.I. The molecular formula is C18H26IN5O. The summed E-state index contributed by atoms with van der Waals surface area (Å²) >= 11 is 0. The summed E-state index contributed by atoms with van der Waals surface area (Å²) in [6.45, 7) is 7.28. The van der Waals surface area contributed by atoms with Gasteiger partial charge in [0.2, 0.25) is 0 Å². The van der Waals surface area contributed by atoms with E-state index in [1.807, 2.05) is 13.1 Å². The van der Waals surface area contributed by atoms with Gasteiger partial charge in [0.05, 0.1) is 25.4 Å². The first-order valence-corrected chi connectivity index (χ1v) is 8.30. The number of benzene rings is 1. The lowest BCUT2D eigenvalue weighted by Gasteiger charge is -2.35. The number of guanidine groups is 1. The average molecular weight is 455 g/mol. The van der Waals surface area contributed by atoms with Crippen LogP contribution < -0.4 is 5.32 Å². The van der Waals surface area contributed by atoms with Crippen molar-refractivity contribution in [3.05, 3.63) is 52.8 Å². The Morgan fingerprint density at radius 1 is 1.40 bits per heavy atom. The van der Waals surface area contributed by atoms with Crippen LogP contribution in [0.2, 0.25) is 0 Å². The quantitative estimate of drug-likeness (QED) is 0.425. The molecule has 3 rings (SSSR count). The highest BCUT2D eigenvalue weighted by Crippen LogP contribution is 2.25. The van der Waals surface area contributed by atoms with Crippen LogP contribution in [0.5, 0.6) is 0 Å². The minimum absolute atomic E-state index is 0. The molecule has 0 bridgehead atoms. The van der Waals surface area contributed by atoms with E-state index in [1.54, 1.807) is 6.20 Å². The minimum Gasteiger partial charge on any atom is -0.370 e. The van der Waals surface area contributed by atoms with Crippen LogP contribution in [-0.2, 0) is 11.3 Å². The number of nitrogens with one attached hydrogen (secondary N) is 2. The Kier molecular flexibility index (Phi) is 7.24. The van der Waals surface area contributed by atoms with Crippen LogP contribution in [0.4, 0.5) is 0 Å². The van der Waals surface area contributed by atoms with Gasteiger partial charge in [-0.2, -0.15) is 5.10 Å². The van der Waals surface area contributed by atoms with E-state index >= 15 is 0 Å². The molecule has 0 radical (unpaired) electrons. The van der Waals surface area contributed by atoms with Crippen LogP contribution in [-0.4, -0.2) is 47.8 Å². The molecule has 1 aromatic heterocycles. The fraction of sp³-hybridized carbons (Fsp3) is 0.444. The van der Waals surface area contributed by atoms with E-state index in [1.165, 1.54) is 16.7 Å². The Hall–Kier alpha value is -1.61. The molecule has 0 aliphatic carbocycles. The highest BCUT2D eigenvalue weighted by molar-refractivity contribution is 14.0. The zero-order chi connectivity index (χ0) is 16.9. The maximum atomic E-state index is 6.02. The van der Waals surface area contributed by atoms with Gasteiger partial charge in [-0.15, -0.1) is 24.0 Å². The fourth-order valence-electron chi connectivity index (χ4n) is 3.11. The number of hydrogen-bond donors (Lipinski definition) is 2. The normalized spacial score (nSPS) is 18.0. The van der Waals surface area contributed by atoms with Gasteiger partial charge in [-0.25, -0.2) is 0 Å². The molecule has 2 heterocycles. The number of rotatable bonds is 3. The van der Waals surface area contributed by atoms with E-state index in [9.17, 15) is 0 Å². The predicted octanol–water partition coefficient (Wildman–Crippen LogP) is 2.79. The van der Waals surface area contributed by atoms with E-state index < -0.39 is 0 Å². The lowest BCUT2D eigenvalue weighted by molar-refractivity contribution is -0.00834. The second-order valence-corrected chi connectivity index (χ2v) is 6.15. The second-order valence-electron chi connectivity index (χ2n) is 6.15. The molecule has 1 saturated heterocycles. The van der Waals surface area contributed by atoms with Crippen LogP contribution in [0.15, 0.2) is 35.5 Å². The van der Waals surface area contributed by atoms with Crippen molar-refractivity contribution in [2.24, 2.45) is 4.99 Å². The third-order valence-corrected chi connectivity index (χ3v) is 4.35. The van der Waals surface area contributed by atoms with Gasteiger partial charge >= 0.3 is 0 Å². The van der Waals surface area contributed by atoms with Crippen LogP contribution in [0.25, 0.3) is 0 Å². The Morgan fingerprint density at radius 3 is 2.92 bits per heavy atom. The van der Waals surface area contributed by atoms with Crippen molar-refractivity contribution in [3.63, 3.8) is 0 Å². The Bertz CT molecular complexity index is 701. The van der Waals surface area contributed by atoms with Gasteiger partial charge in [0.15, 0.2) is 5.96 Å². The van der Waals surface area contributed by atoms with Crippen molar-refractivity contribution in [3.8, 4) is 0 Å². The number of aromatic amines is 1. The van der Waals surface area contributed by atoms with Crippen molar-refractivity contribution in [2.75, 3.05) is 26.7 Å². The van der Waals surface area contributed by atoms with Gasteiger partial charge in [-0.05, 0) is 31.0 Å². The van der Waals surface area contributed by atoms with Crippen molar-refractivity contribution in [1.29, 1.82) is 0 Å². The molecule has 6 nitrogen and oxygen atoms in total. The molecule has 1 unspecified atom stereocenters. The predicted molar refractivity (Wildman–Crippen MR) is 110 cm³/mol. The molecule has 1 atom stereocenters. The number of ether oxygens (including phenoxy) is 1. The fourth-order valence-corrected chi connectivity index (χ4v) is 3.11. The largest absolute Gasteiger partial charge is 0.370 e. The lowest BCUT2D eigenvalue weighted by atomic mass is 10.00. The van der Waals surface area contributed by atoms with Crippen LogP contribution in [0, 0.1) is 13.8 Å². The van der Waals surface area contributed by atoms with E-state index in [4.69, 9.17) is 4.74 Å². The molecule has 25 heavy (non-hydrogen) atoms. The summed E-state index contributed by atoms with van der Waals surface area (Å²) in [5.74, 6) is 0.891. The summed E-state index contributed by atoms with van der Waals surface area (Å²) < 4.78 is 6.02. The minimum atomic E-state index is 0. The molecule has 0 saturated carbocycles. The Morgan fingerprint density at radius 2 is 2.24 bits per heavy atom. The summed E-state index contributed by atoms with van der Waals surface area (Å²) in [6.07, 6.45) is 1.83. The number of aliphatic imine (C=N–C) groups is 1. The van der Waals surface area contributed by atoms with Crippen molar-refractivity contribution >= 4 is 29.9 Å². The summed E-state index contributed by atoms with van der Waals surface area (Å²) in [7, 11) is 1.82. The average Bonchev–Trinajstić information content (AvgIpc) is 3.09. The van der Waals surface area contributed by atoms with Crippen LogP contribution in [0.1, 0.15) is 28.5 Å². The first-order valence-electron chi connectivity index (χ1n) is 8.30. The zero-order valence-electron chi connectivity index (χ0n) is 15.0. The molecule has 2 aromatic rings. The zero-order valence-corrected chi connectivity index (χ0v) is 17.3. The second kappa shape index (κ2) is 9.19. The van der Waals surface area contributed by atoms with Gasteiger partial charge in [0.25, 0.3) is 0 Å². The molecule has 1 aliphatic rings. The Labute approximate surface area is 166 Å². The molecule has 7 heteroatoms. The third-order valence-electron chi connectivity index (χ3n) is 4.35. The molecule has 0 spiro atoms. The number of H-pyrrole nitrogens is 1. The number of halogens is 1. The molecule has 1 fully saturated rings. The molecule has 136 valence electrons. The maximum absolute atomic E-state index is 6.02. The highest BCUT2D eigenvalue weighted by atomic mass is 127. The van der Waals surface area contributed by atoms with Crippen molar-refractivity contribution in [1.82, 2.24) is 20.4 Å². The monoisotopic (exact) mass is 455 g/mol. The van der Waals surface area contributed by atoms with Crippen LogP contribution in [0.3, 0.4) is 0 Å². The van der Waals surface area contributed by atoms with Gasteiger partial charge in [-0.1, -0.05) is 23.8 Å². The van der Waals surface area contributed by atoms with Gasteiger partial charge < -0.3 is 15.0 Å². The number of aromatic nitrogens is 2. The highest BCUT2D eigenvalue weighted by Gasteiger charge is 2.25. The number of nitrogens with zero attached hydrogens (tertiary/aromatic N) is 3. The van der Waals surface area contributed by atoms with E-state index in [0.29, 0.717) is 13.2 Å². The molecular weight excluding hydrogens is 429 g/mol. The summed E-state index contributed by atoms with van der Waals surface area (Å²) in [5, 5.41) is 10.3. The number of aryl methyl sites for hydroxylation is 2. The summed E-state index contributed by atoms with van der Waals surface area (Å²) in [4.78, 5) is 6.67. The number of hydrogen-bond acceptors (Lipinski definition) is 3. The molecule has 1 aromatic carbocycles. The molecule has 0 amide bonds. The van der Waals surface area contributed by atoms with Crippen LogP contribution >= 0.6 is 24.0 Å². The first kappa shape index (κ1) is 19.7. The summed E-state index contributed by atoms with van der Waals surface area (Å²) in [5.41, 5.74) is 4.85. The van der Waals surface area contributed by atoms with Gasteiger partial charge in [0.1, 0.15) is 6.10 Å². The Balaban J connectivity index is 0.00000225. The van der Waals surface area contributed by atoms with E-state index in [0.717, 1.165) is 24.7 Å². The summed E-state index contributed by atoms with van der Waals surface area (Å²) in [6, 6.07) is 8.50. The van der Waals surface area contributed by atoms with E-state index in [-0.39, 0.29) is 30.1 Å². The maximum Gasteiger partial charge on any atom is 0.194 e. The van der Waals surface area contributed by atoms with E-state index in [2.05, 4.69) is 57.5 Å². The van der Waals surface area contributed by atoms with Gasteiger partial charge in [0, 0.05) is 19.8 Å². The third kappa shape index (κ3) is 4.94. The van der Waals surface area contributed by atoms with Gasteiger partial charge in [-0.3, -0.25) is 10.1 Å². The molecule has 1 aliphatic heterocycles. The topological polar surface area (TPSA) is 65.5 Å². The smallest absolute Gasteiger partial charge is 0.194 e. The standard InChI is InChI=1S/C18H25N5O.HI/c1-13-4-5-16(14(2)10-13)17-12-23(8-9-24-17)18(19-3)20-11-15-6-7-21-22-15;/h4-7,10,17H,8-9,11-12H2,1-3H3,(H,19,20)(H,21,22);1H. The van der Waals surface area contributed by atoms with Crippen molar-refractivity contribution < 1.29 is 4.74 Å². The molecule has 2 N–H and O–H groups in total. The lowest BCUT2D eigenvalue weighted by Crippen LogP contribution is -2.48.